The number of amides is 1. The molecule has 2 aliphatic rings. The molecule has 1 amide bonds. The number of fused-ring (bicyclic) bond motifs is 1. The molecule has 1 atom stereocenters. The molecule has 21 heavy (non-hydrogen) atoms. The van der Waals surface area contributed by atoms with Crippen LogP contribution in [0.5, 0.6) is 11.5 Å². The van der Waals surface area contributed by atoms with Gasteiger partial charge in [0.1, 0.15) is 0 Å². The van der Waals surface area contributed by atoms with Gasteiger partial charge in [0.15, 0.2) is 17.6 Å². The standard InChI is InChI=1S/C15H18N2O4/c1-3-15(18)17(2)8-11-7-12(16-21-11)10-4-5-13-14(6-10)20-9-19-13/h4-6,11H,3,7-9H2,1-2H3/t11-/m0/s1. The second-order valence-corrected chi connectivity index (χ2v) is 5.17. The van der Waals surface area contributed by atoms with Crippen molar-refractivity contribution in [3.8, 4) is 11.5 Å². The maximum atomic E-state index is 11.6. The third kappa shape index (κ3) is 2.79. The lowest BCUT2D eigenvalue weighted by Crippen LogP contribution is -2.34. The molecule has 0 fully saturated rings. The monoisotopic (exact) mass is 290 g/mol. The van der Waals surface area contributed by atoms with Crippen LogP contribution in [0.15, 0.2) is 23.4 Å². The number of ether oxygens (including phenoxy) is 2. The van der Waals surface area contributed by atoms with E-state index in [0.717, 1.165) is 22.8 Å². The van der Waals surface area contributed by atoms with Crippen LogP contribution in [0.2, 0.25) is 0 Å². The van der Waals surface area contributed by atoms with Crippen molar-refractivity contribution in [1.82, 2.24) is 4.90 Å². The lowest BCUT2D eigenvalue weighted by atomic mass is 10.0. The van der Waals surface area contributed by atoms with Crippen LogP contribution in [-0.4, -0.2) is 43.0 Å². The summed E-state index contributed by atoms with van der Waals surface area (Å²) in [6, 6.07) is 5.73. The molecule has 0 unspecified atom stereocenters. The largest absolute Gasteiger partial charge is 0.454 e. The fraction of sp³-hybridized carbons (Fsp3) is 0.467. The highest BCUT2D eigenvalue weighted by Gasteiger charge is 2.26. The van der Waals surface area contributed by atoms with Gasteiger partial charge < -0.3 is 19.2 Å². The van der Waals surface area contributed by atoms with Crippen molar-refractivity contribution in [2.45, 2.75) is 25.9 Å². The zero-order chi connectivity index (χ0) is 14.8. The highest BCUT2D eigenvalue weighted by Crippen LogP contribution is 2.33. The normalized spacial score (nSPS) is 19.1. The SMILES string of the molecule is CCC(=O)N(C)C[C@@H]1CC(c2ccc3c(c2)OCO3)=NO1. The summed E-state index contributed by atoms with van der Waals surface area (Å²) in [6.45, 7) is 2.65. The van der Waals surface area contributed by atoms with Gasteiger partial charge in [0, 0.05) is 25.5 Å². The summed E-state index contributed by atoms with van der Waals surface area (Å²) in [5, 5.41) is 4.13. The van der Waals surface area contributed by atoms with Gasteiger partial charge in [-0.1, -0.05) is 12.1 Å². The minimum Gasteiger partial charge on any atom is -0.454 e. The van der Waals surface area contributed by atoms with Gasteiger partial charge in [0.25, 0.3) is 0 Å². The topological polar surface area (TPSA) is 60.4 Å². The van der Waals surface area contributed by atoms with Crippen LogP contribution < -0.4 is 9.47 Å². The molecule has 0 N–H and O–H groups in total. The van der Waals surface area contributed by atoms with Crippen molar-refractivity contribution in [3.05, 3.63) is 23.8 Å². The third-order valence-corrected chi connectivity index (χ3v) is 3.64. The Bertz CT molecular complexity index is 585. The quantitative estimate of drug-likeness (QED) is 0.848. The highest BCUT2D eigenvalue weighted by molar-refractivity contribution is 6.01. The number of hydrogen-bond acceptors (Lipinski definition) is 5. The van der Waals surface area contributed by atoms with Gasteiger partial charge in [-0.15, -0.1) is 0 Å². The molecule has 0 spiro atoms. The van der Waals surface area contributed by atoms with E-state index in [-0.39, 0.29) is 18.8 Å². The van der Waals surface area contributed by atoms with E-state index in [9.17, 15) is 4.79 Å². The van der Waals surface area contributed by atoms with E-state index in [1.807, 2.05) is 25.1 Å². The predicted molar refractivity (Wildman–Crippen MR) is 76.5 cm³/mol. The Balaban J connectivity index is 1.63. The first-order valence-electron chi connectivity index (χ1n) is 7.04. The molecular formula is C15H18N2O4. The zero-order valence-corrected chi connectivity index (χ0v) is 12.2. The van der Waals surface area contributed by atoms with Crippen LogP contribution in [-0.2, 0) is 9.63 Å². The summed E-state index contributed by atoms with van der Waals surface area (Å²) in [5.74, 6) is 1.59. The summed E-state index contributed by atoms with van der Waals surface area (Å²) < 4.78 is 10.7. The number of rotatable bonds is 4. The second kappa shape index (κ2) is 5.63. The van der Waals surface area contributed by atoms with Gasteiger partial charge in [0.2, 0.25) is 12.7 Å². The van der Waals surface area contributed by atoms with Gasteiger partial charge in [-0.3, -0.25) is 4.79 Å². The molecule has 0 radical (unpaired) electrons. The number of oxime groups is 1. The molecule has 0 saturated carbocycles. The number of hydrogen-bond donors (Lipinski definition) is 0. The summed E-state index contributed by atoms with van der Waals surface area (Å²) >= 11 is 0. The lowest BCUT2D eigenvalue weighted by molar-refractivity contribution is -0.131. The average molecular weight is 290 g/mol. The van der Waals surface area contributed by atoms with Crippen LogP contribution in [0, 0.1) is 0 Å². The van der Waals surface area contributed by atoms with E-state index in [0.29, 0.717) is 19.4 Å². The molecular weight excluding hydrogens is 272 g/mol. The first kappa shape index (κ1) is 13.7. The summed E-state index contributed by atoms with van der Waals surface area (Å²) in [5.41, 5.74) is 1.84. The van der Waals surface area contributed by atoms with Gasteiger partial charge >= 0.3 is 0 Å². The maximum absolute atomic E-state index is 11.6. The number of carbonyl (C=O) groups is 1. The molecule has 2 aliphatic heterocycles. The lowest BCUT2D eigenvalue weighted by Gasteiger charge is -2.19. The first-order chi connectivity index (χ1) is 10.2. The van der Waals surface area contributed by atoms with E-state index in [2.05, 4.69) is 5.16 Å². The van der Waals surface area contributed by atoms with Crippen molar-refractivity contribution < 1.29 is 19.1 Å². The summed E-state index contributed by atoms with van der Waals surface area (Å²) in [6.07, 6.45) is 1.09. The van der Waals surface area contributed by atoms with Crippen molar-refractivity contribution in [2.24, 2.45) is 5.16 Å². The van der Waals surface area contributed by atoms with Gasteiger partial charge in [-0.25, -0.2) is 0 Å². The van der Waals surface area contributed by atoms with Crippen LogP contribution in [0.25, 0.3) is 0 Å². The highest BCUT2D eigenvalue weighted by atomic mass is 16.7. The van der Waals surface area contributed by atoms with Crippen LogP contribution in [0.3, 0.4) is 0 Å². The van der Waals surface area contributed by atoms with Crippen molar-refractivity contribution in [3.63, 3.8) is 0 Å². The Labute approximate surface area is 123 Å². The fourth-order valence-electron chi connectivity index (χ4n) is 2.45. The molecule has 0 bridgehead atoms. The second-order valence-electron chi connectivity index (χ2n) is 5.17. The molecule has 3 rings (SSSR count). The van der Waals surface area contributed by atoms with Crippen LogP contribution >= 0.6 is 0 Å². The van der Waals surface area contributed by atoms with Gasteiger partial charge in [-0.2, -0.15) is 0 Å². The third-order valence-electron chi connectivity index (χ3n) is 3.64. The van der Waals surface area contributed by atoms with E-state index >= 15 is 0 Å². The number of carbonyl (C=O) groups excluding carboxylic acids is 1. The van der Waals surface area contributed by atoms with Crippen molar-refractivity contribution in [1.29, 1.82) is 0 Å². The molecule has 6 heteroatoms. The summed E-state index contributed by atoms with van der Waals surface area (Å²) in [4.78, 5) is 18.7. The average Bonchev–Trinajstić information content (AvgIpc) is 3.14. The molecule has 0 aromatic heterocycles. The predicted octanol–water partition coefficient (Wildman–Crippen LogP) is 1.78. The van der Waals surface area contributed by atoms with Gasteiger partial charge in [0.05, 0.1) is 12.3 Å². The molecule has 1 aromatic rings. The number of likely N-dealkylation sites (N-methyl/N-ethyl adjacent to an activating group) is 1. The molecule has 2 heterocycles. The molecule has 0 saturated heterocycles. The van der Waals surface area contributed by atoms with Crippen LogP contribution in [0.1, 0.15) is 25.3 Å². The Hall–Kier alpha value is -2.24. The van der Waals surface area contributed by atoms with Crippen molar-refractivity contribution in [2.75, 3.05) is 20.4 Å². The Kier molecular flexibility index (Phi) is 3.68. The van der Waals surface area contributed by atoms with E-state index in [4.69, 9.17) is 14.3 Å². The molecule has 1 aromatic carbocycles. The van der Waals surface area contributed by atoms with E-state index in [1.165, 1.54) is 0 Å². The first-order valence-corrected chi connectivity index (χ1v) is 7.04. The molecule has 6 nitrogen and oxygen atoms in total. The number of benzene rings is 1. The van der Waals surface area contributed by atoms with Crippen LogP contribution in [0.4, 0.5) is 0 Å². The maximum Gasteiger partial charge on any atom is 0.231 e. The van der Waals surface area contributed by atoms with E-state index in [1.54, 1.807) is 11.9 Å². The fourth-order valence-corrected chi connectivity index (χ4v) is 2.45. The minimum absolute atomic E-state index is 0.0917. The zero-order valence-electron chi connectivity index (χ0n) is 12.2. The van der Waals surface area contributed by atoms with Crippen molar-refractivity contribution >= 4 is 11.6 Å². The Morgan fingerprint density at radius 3 is 3.00 bits per heavy atom. The Morgan fingerprint density at radius 2 is 2.19 bits per heavy atom. The smallest absolute Gasteiger partial charge is 0.231 e. The molecule has 112 valence electrons. The summed E-state index contributed by atoms with van der Waals surface area (Å²) in [7, 11) is 1.79. The Morgan fingerprint density at radius 1 is 1.38 bits per heavy atom. The number of nitrogens with zero attached hydrogens (tertiary/aromatic N) is 2. The minimum atomic E-state index is -0.0917. The molecule has 0 aliphatic carbocycles. The van der Waals surface area contributed by atoms with Gasteiger partial charge in [-0.05, 0) is 18.2 Å². The van der Waals surface area contributed by atoms with E-state index < -0.39 is 0 Å².